The van der Waals surface area contributed by atoms with E-state index < -0.39 is 15.8 Å². The molecule has 0 radical (unpaired) electrons. The number of hydrogen-bond acceptors (Lipinski definition) is 4. The first-order valence-corrected chi connectivity index (χ1v) is 8.58. The molecule has 2 rings (SSSR count). The van der Waals surface area contributed by atoms with E-state index in [-0.39, 0.29) is 23.6 Å². The number of rotatable bonds is 6. The molecule has 1 aromatic carbocycles. The van der Waals surface area contributed by atoms with Gasteiger partial charge in [-0.15, -0.1) is 0 Å². The van der Waals surface area contributed by atoms with E-state index >= 15 is 0 Å². The van der Waals surface area contributed by atoms with Crippen molar-refractivity contribution in [2.24, 2.45) is 5.73 Å². The maximum atomic E-state index is 12.8. The number of halogens is 1. The maximum Gasteiger partial charge on any atom is 0.240 e. The number of benzene rings is 1. The van der Waals surface area contributed by atoms with Crippen molar-refractivity contribution < 1.29 is 17.5 Å². The lowest BCUT2D eigenvalue weighted by atomic mass is 9.94. The summed E-state index contributed by atoms with van der Waals surface area (Å²) in [5, 5.41) is 0. The van der Waals surface area contributed by atoms with Crippen LogP contribution in [0.1, 0.15) is 25.7 Å². The molecule has 0 aromatic heterocycles. The second-order valence-corrected chi connectivity index (χ2v) is 7.03. The number of ether oxygens (including phenoxy) is 1. The zero-order valence-corrected chi connectivity index (χ0v) is 12.6. The molecule has 0 unspecified atom stereocenters. The number of nitrogens with one attached hydrogen (secondary N) is 1. The summed E-state index contributed by atoms with van der Waals surface area (Å²) in [6.45, 7) is 0.516. The average Bonchev–Trinajstić information content (AvgIpc) is 2.46. The third-order valence-electron chi connectivity index (χ3n) is 3.59. The third kappa shape index (κ3) is 5.03. The van der Waals surface area contributed by atoms with Gasteiger partial charge in [-0.25, -0.2) is 17.5 Å². The van der Waals surface area contributed by atoms with Crippen molar-refractivity contribution in [1.82, 2.24) is 4.72 Å². The SMILES string of the molecule is NC1CCC(OCCNS(=O)(=O)c2ccc(F)cc2)CC1. The summed E-state index contributed by atoms with van der Waals surface area (Å²) in [4.78, 5) is 0.0486. The maximum absolute atomic E-state index is 12.8. The molecule has 0 aliphatic heterocycles. The topological polar surface area (TPSA) is 81.4 Å². The van der Waals surface area contributed by atoms with Crippen LogP contribution in [0, 0.1) is 5.82 Å². The third-order valence-corrected chi connectivity index (χ3v) is 5.07. The van der Waals surface area contributed by atoms with Crippen LogP contribution in [0.2, 0.25) is 0 Å². The normalized spacial score (nSPS) is 23.1. The minimum atomic E-state index is -3.61. The van der Waals surface area contributed by atoms with Crippen molar-refractivity contribution in [3.05, 3.63) is 30.1 Å². The fourth-order valence-electron chi connectivity index (χ4n) is 2.35. The van der Waals surface area contributed by atoms with Crippen molar-refractivity contribution in [3.8, 4) is 0 Å². The molecule has 1 aliphatic carbocycles. The summed E-state index contributed by atoms with van der Waals surface area (Å²) >= 11 is 0. The van der Waals surface area contributed by atoms with E-state index in [9.17, 15) is 12.8 Å². The quantitative estimate of drug-likeness (QED) is 0.777. The monoisotopic (exact) mass is 316 g/mol. The van der Waals surface area contributed by atoms with Gasteiger partial charge in [-0.05, 0) is 49.9 Å². The molecule has 1 saturated carbocycles. The Hall–Kier alpha value is -1.02. The van der Waals surface area contributed by atoms with Gasteiger partial charge in [-0.3, -0.25) is 0 Å². The van der Waals surface area contributed by atoms with E-state index in [1.165, 1.54) is 12.1 Å². The molecule has 0 atom stereocenters. The fourth-order valence-corrected chi connectivity index (χ4v) is 3.37. The minimum absolute atomic E-state index is 0.0486. The Kier molecular flexibility index (Phi) is 5.69. The highest BCUT2D eigenvalue weighted by Crippen LogP contribution is 2.19. The second-order valence-electron chi connectivity index (χ2n) is 5.26. The summed E-state index contributed by atoms with van der Waals surface area (Å²) in [5.41, 5.74) is 5.81. The van der Waals surface area contributed by atoms with Gasteiger partial charge in [0.05, 0.1) is 17.6 Å². The highest BCUT2D eigenvalue weighted by molar-refractivity contribution is 7.89. The van der Waals surface area contributed by atoms with Gasteiger partial charge in [0.15, 0.2) is 0 Å². The molecule has 0 bridgehead atoms. The molecule has 1 aliphatic rings. The summed E-state index contributed by atoms with van der Waals surface area (Å²) in [6.07, 6.45) is 3.91. The second kappa shape index (κ2) is 7.31. The number of nitrogens with two attached hydrogens (primary N) is 1. The lowest BCUT2D eigenvalue weighted by molar-refractivity contribution is 0.0287. The molecule has 3 N–H and O–H groups in total. The molecule has 5 nitrogen and oxygen atoms in total. The Morgan fingerprint density at radius 3 is 2.43 bits per heavy atom. The van der Waals surface area contributed by atoms with E-state index in [1.807, 2.05) is 0 Å². The highest BCUT2D eigenvalue weighted by atomic mass is 32.2. The fraction of sp³-hybridized carbons (Fsp3) is 0.571. The molecule has 0 spiro atoms. The largest absolute Gasteiger partial charge is 0.377 e. The van der Waals surface area contributed by atoms with Crippen LogP contribution in [-0.4, -0.2) is 33.7 Å². The van der Waals surface area contributed by atoms with E-state index in [2.05, 4.69) is 4.72 Å². The van der Waals surface area contributed by atoms with Crippen molar-refractivity contribution in [2.45, 2.75) is 42.7 Å². The first-order chi connectivity index (χ1) is 9.97. The summed E-state index contributed by atoms with van der Waals surface area (Å²) in [5.74, 6) is -0.465. The predicted octanol–water partition coefficient (Wildman–Crippen LogP) is 1.39. The van der Waals surface area contributed by atoms with Crippen molar-refractivity contribution in [1.29, 1.82) is 0 Å². The van der Waals surface area contributed by atoms with Crippen LogP contribution in [0.15, 0.2) is 29.2 Å². The Morgan fingerprint density at radius 2 is 1.81 bits per heavy atom. The molecule has 1 fully saturated rings. The molecular formula is C14H21FN2O3S. The van der Waals surface area contributed by atoms with Gasteiger partial charge in [0.1, 0.15) is 5.82 Å². The van der Waals surface area contributed by atoms with E-state index in [0.717, 1.165) is 37.8 Å². The Bertz CT molecular complexity index is 540. The zero-order valence-electron chi connectivity index (χ0n) is 11.8. The van der Waals surface area contributed by atoms with Gasteiger partial charge in [0.2, 0.25) is 10.0 Å². The molecule has 7 heteroatoms. The Balaban J connectivity index is 1.73. The van der Waals surface area contributed by atoms with Crippen LogP contribution in [0.3, 0.4) is 0 Å². The van der Waals surface area contributed by atoms with E-state index in [1.54, 1.807) is 0 Å². The molecule has 118 valence electrons. The van der Waals surface area contributed by atoms with Gasteiger partial charge in [-0.2, -0.15) is 0 Å². The Labute approximate surface area is 124 Å². The minimum Gasteiger partial charge on any atom is -0.377 e. The van der Waals surface area contributed by atoms with Crippen molar-refractivity contribution in [2.75, 3.05) is 13.2 Å². The zero-order chi connectivity index (χ0) is 15.3. The number of hydrogen-bond donors (Lipinski definition) is 2. The first-order valence-electron chi connectivity index (χ1n) is 7.10. The van der Waals surface area contributed by atoms with Gasteiger partial charge < -0.3 is 10.5 Å². The number of sulfonamides is 1. The summed E-state index contributed by atoms with van der Waals surface area (Å²) in [6, 6.07) is 4.98. The van der Waals surface area contributed by atoms with Crippen LogP contribution < -0.4 is 10.5 Å². The van der Waals surface area contributed by atoms with Gasteiger partial charge in [-0.1, -0.05) is 0 Å². The van der Waals surface area contributed by atoms with Crippen LogP contribution in [-0.2, 0) is 14.8 Å². The highest BCUT2D eigenvalue weighted by Gasteiger charge is 2.19. The standard InChI is InChI=1S/C14H21FN2O3S/c15-11-1-7-14(8-2-11)21(18,19)17-9-10-20-13-5-3-12(16)4-6-13/h1-2,7-8,12-13,17H,3-6,9-10,16H2. The van der Waals surface area contributed by atoms with Gasteiger partial charge >= 0.3 is 0 Å². The molecule has 0 heterocycles. The van der Waals surface area contributed by atoms with Gasteiger partial charge in [0, 0.05) is 12.6 Å². The van der Waals surface area contributed by atoms with Crippen LogP contribution in [0.5, 0.6) is 0 Å². The molecule has 1 aromatic rings. The van der Waals surface area contributed by atoms with E-state index in [0.29, 0.717) is 6.61 Å². The molecule has 0 amide bonds. The summed E-state index contributed by atoms with van der Waals surface area (Å²) in [7, 11) is -3.61. The first kappa shape index (κ1) is 16.4. The molecular weight excluding hydrogens is 295 g/mol. The van der Waals surface area contributed by atoms with Crippen molar-refractivity contribution in [3.63, 3.8) is 0 Å². The van der Waals surface area contributed by atoms with Gasteiger partial charge in [0.25, 0.3) is 0 Å². The van der Waals surface area contributed by atoms with Crippen molar-refractivity contribution >= 4 is 10.0 Å². The smallest absolute Gasteiger partial charge is 0.240 e. The lowest BCUT2D eigenvalue weighted by Crippen LogP contribution is -2.33. The molecule has 0 saturated heterocycles. The molecule has 21 heavy (non-hydrogen) atoms. The average molecular weight is 316 g/mol. The lowest BCUT2D eigenvalue weighted by Gasteiger charge is -2.26. The Morgan fingerprint density at radius 1 is 1.19 bits per heavy atom. The van der Waals surface area contributed by atoms with Crippen LogP contribution >= 0.6 is 0 Å². The summed E-state index contributed by atoms with van der Waals surface area (Å²) < 4.78 is 44.7. The van der Waals surface area contributed by atoms with Crippen LogP contribution in [0.4, 0.5) is 4.39 Å². The van der Waals surface area contributed by atoms with E-state index in [4.69, 9.17) is 10.5 Å². The van der Waals surface area contributed by atoms with Crippen LogP contribution in [0.25, 0.3) is 0 Å². The predicted molar refractivity (Wildman–Crippen MR) is 77.8 cm³/mol.